The van der Waals surface area contributed by atoms with E-state index in [0.29, 0.717) is 12.0 Å². The SMILES string of the molecule is CC(C)Cc1ccnc(C(=O)N[C@H](CO)C(=O)O)c1F. The second kappa shape index (κ2) is 6.95. The number of amides is 1. The zero-order valence-corrected chi connectivity index (χ0v) is 11.3. The van der Waals surface area contributed by atoms with Crippen LogP contribution >= 0.6 is 0 Å². The number of aliphatic carboxylic acids is 1. The molecule has 7 heteroatoms. The fraction of sp³-hybridized carbons (Fsp3) is 0.462. The lowest BCUT2D eigenvalue weighted by atomic mass is 10.0. The van der Waals surface area contributed by atoms with Gasteiger partial charge in [-0.3, -0.25) is 4.79 Å². The van der Waals surface area contributed by atoms with E-state index >= 15 is 0 Å². The summed E-state index contributed by atoms with van der Waals surface area (Å²) in [6.45, 7) is 3.03. The number of aliphatic hydroxyl groups excluding tert-OH is 1. The van der Waals surface area contributed by atoms with Crippen LogP contribution in [0.3, 0.4) is 0 Å². The Morgan fingerprint density at radius 1 is 1.45 bits per heavy atom. The van der Waals surface area contributed by atoms with Crippen LogP contribution in [-0.4, -0.2) is 39.7 Å². The molecule has 1 aromatic heterocycles. The Morgan fingerprint density at radius 2 is 2.10 bits per heavy atom. The highest BCUT2D eigenvalue weighted by molar-refractivity contribution is 5.95. The third-order valence-electron chi connectivity index (χ3n) is 2.60. The predicted molar refractivity (Wildman–Crippen MR) is 68.7 cm³/mol. The average Bonchev–Trinajstić information content (AvgIpc) is 2.37. The van der Waals surface area contributed by atoms with Crippen molar-refractivity contribution in [2.75, 3.05) is 6.61 Å². The minimum absolute atomic E-state index is 0.201. The highest BCUT2D eigenvalue weighted by atomic mass is 19.1. The number of carbonyl (C=O) groups excluding carboxylic acids is 1. The minimum atomic E-state index is -1.49. The van der Waals surface area contributed by atoms with Crippen molar-refractivity contribution in [3.63, 3.8) is 0 Å². The lowest BCUT2D eigenvalue weighted by molar-refractivity contribution is -0.140. The number of carboxylic acid groups (broad SMARTS) is 1. The number of halogens is 1. The third kappa shape index (κ3) is 3.99. The first-order valence-corrected chi connectivity index (χ1v) is 6.14. The molecule has 1 amide bonds. The quantitative estimate of drug-likeness (QED) is 0.710. The van der Waals surface area contributed by atoms with Crippen LogP contribution in [0.4, 0.5) is 4.39 Å². The minimum Gasteiger partial charge on any atom is -0.480 e. The molecule has 0 aromatic carbocycles. The van der Waals surface area contributed by atoms with Crippen LogP contribution < -0.4 is 5.32 Å². The van der Waals surface area contributed by atoms with Crippen LogP contribution in [0.1, 0.15) is 29.9 Å². The van der Waals surface area contributed by atoms with E-state index in [1.54, 1.807) is 0 Å². The standard InChI is InChI=1S/C13H17FN2O4/c1-7(2)5-8-3-4-15-11(10(8)14)12(18)16-9(6-17)13(19)20/h3-4,7,9,17H,5-6H2,1-2H3,(H,16,18)(H,19,20)/t9-/m1/s1. The van der Waals surface area contributed by atoms with E-state index in [1.807, 2.05) is 19.2 Å². The zero-order valence-electron chi connectivity index (χ0n) is 11.3. The second-order valence-corrected chi connectivity index (χ2v) is 4.78. The fourth-order valence-electron chi connectivity index (χ4n) is 1.65. The number of carboxylic acids is 1. The van der Waals surface area contributed by atoms with Crippen LogP contribution in [0, 0.1) is 11.7 Å². The van der Waals surface area contributed by atoms with Crippen molar-refractivity contribution in [1.82, 2.24) is 10.3 Å². The Kier molecular flexibility index (Phi) is 5.57. The highest BCUT2D eigenvalue weighted by Crippen LogP contribution is 2.14. The monoisotopic (exact) mass is 284 g/mol. The molecule has 0 saturated heterocycles. The molecule has 0 unspecified atom stereocenters. The zero-order chi connectivity index (χ0) is 15.3. The molecule has 6 nitrogen and oxygen atoms in total. The van der Waals surface area contributed by atoms with Gasteiger partial charge < -0.3 is 15.5 Å². The molecule has 0 saturated carbocycles. The van der Waals surface area contributed by atoms with E-state index in [2.05, 4.69) is 4.98 Å². The van der Waals surface area contributed by atoms with Crippen LogP contribution in [0.25, 0.3) is 0 Å². The van der Waals surface area contributed by atoms with Gasteiger partial charge in [0.25, 0.3) is 5.91 Å². The molecular weight excluding hydrogens is 267 g/mol. The highest BCUT2D eigenvalue weighted by Gasteiger charge is 2.23. The fourth-order valence-corrected chi connectivity index (χ4v) is 1.65. The molecule has 0 aliphatic carbocycles. The first-order chi connectivity index (χ1) is 9.36. The van der Waals surface area contributed by atoms with Gasteiger partial charge >= 0.3 is 5.97 Å². The Bertz CT molecular complexity index is 505. The topological polar surface area (TPSA) is 99.5 Å². The van der Waals surface area contributed by atoms with E-state index in [4.69, 9.17) is 10.2 Å². The normalized spacial score (nSPS) is 12.2. The summed E-state index contributed by atoms with van der Waals surface area (Å²) in [7, 11) is 0. The molecule has 0 fully saturated rings. The molecule has 0 aliphatic rings. The van der Waals surface area contributed by atoms with Gasteiger partial charge in [-0.2, -0.15) is 0 Å². The van der Waals surface area contributed by atoms with Gasteiger partial charge in [0.05, 0.1) is 6.61 Å². The summed E-state index contributed by atoms with van der Waals surface area (Å²) in [4.78, 5) is 26.1. The van der Waals surface area contributed by atoms with Gasteiger partial charge in [0.15, 0.2) is 17.6 Å². The van der Waals surface area contributed by atoms with Crippen molar-refractivity contribution in [2.45, 2.75) is 26.3 Å². The summed E-state index contributed by atoms with van der Waals surface area (Å²) < 4.78 is 14.1. The third-order valence-corrected chi connectivity index (χ3v) is 2.60. The van der Waals surface area contributed by atoms with Crippen molar-refractivity contribution in [3.8, 4) is 0 Å². The van der Waals surface area contributed by atoms with Crippen molar-refractivity contribution in [3.05, 3.63) is 29.3 Å². The molecule has 0 radical (unpaired) electrons. The Balaban J connectivity index is 2.96. The first-order valence-electron chi connectivity index (χ1n) is 6.14. The van der Waals surface area contributed by atoms with Crippen molar-refractivity contribution >= 4 is 11.9 Å². The van der Waals surface area contributed by atoms with Gasteiger partial charge in [-0.25, -0.2) is 14.2 Å². The summed E-state index contributed by atoms with van der Waals surface area (Å²) in [5, 5.41) is 19.6. The first kappa shape index (κ1) is 16.0. The summed E-state index contributed by atoms with van der Waals surface area (Å²) >= 11 is 0. The lowest BCUT2D eigenvalue weighted by Gasteiger charge is -2.13. The van der Waals surface area contributed by atoms with Crippen LogP contribution in [0.15, 0.2) is 12.3 Å². The van der Waals surface area contributed by atoms with E-state index in [0.717, 1.165) is 0 Å². The molecule has 1 heterocycles. The maximum atomic E-state index is 14.1. The number of aliphatic hydroxyl groups is 1. The molecule has 0 aliphatic heterocycles. The van der Waals surface area contributed by atoms with Crippen LogP contribution in [0.2, 0.25) is 0 Å². The number of hydrogen-bond acceptors (Lipinski definition) is 4. The number of carbonyl (C=O) groups is 2. The number of rotatable bonds is 6. The molecule has 3 N–H and O–H groups in total. The molecule has 1 aromatic rings. The summed E-state index contributed by atoms with van der Waals surface area (Å²) in [5.74, 6) is -2.93. The maximum Gasteiger partial charge on any atom is 0.328 e. The lowest BCUT2D eigenvalue weighted by Crippen LogP contribution is -2.43. The van der Waals surface area contributed by atoms with Gasteiger partial charge in [-0.15, -0.1) is 0 Å². The molecule has 110 valence electrons. The summed E-state index contributed by atoms with van der Waals surface area (Å²) in [6.07, 6.45) is 1.74. The largest absolute Gasteiger partial charge is 0.480 e. The Hall–Kier alpha value is -2.02. The van der Waals surface area contributed by atoms with Crippen LogP contribution in [0.5, 0.6) is 0 Å². The molecule has 1 atom stereocenters. The average molecular weight is 284 g/mol. The maximum absolute atomic E-state index is 14.1. The van der Waals surface area contributed by atoms with Gasteiger partial charge in [0, 0.05) is 6.20 Å². The van der Waals surface area contributed by atoms with Crippen LogP contribution in [-0.2, 0) is 11.2 Å². The number of pyridine rings is 1. The molecule has 0 spiro atoms. The number of nitrogens with one attached hydrogen (secondary N) is 1. The summed E-state index contributed by atoms with van der Waals surface area (Å²) in [5.41, 5.74) is -0.126. The van der Waals surface area contributed by atoms with Gasteiger partial charge in [0.2, 0.25) is 0 Å². The molecule has 0 bridgehead atoms. The van der Waals surface area contributed by atoms with Crippen molar-refractivity contribution < 1.29 is 24.2 Å². The summed E-state index contributed by atoms with van der Waals surface area (Å²) in [6, 6.07) is -0.00946. The smallest absolute Gasteiger partial charge is 0.328 e. The molecule has 20 heavy (non-hydrogen) atoms. The number of nitrogens with zero attached hydrogens (tertiary/aromatic N) is 1. The van der Waals surface area contributed by atoms with E-state index in [1.165, 1.54) is 12.3 Å². The van der Waals surface area contributed by atoms with Gasteiger partial charge in [0.1, 0.15) is 0 Å². The Labute approximate surface area is 115 Å². The van der Waals surface area contributed by atoms with E-state index < -0.39 is 36.0 Å². The van der Waals surface area contributed by atoms with Crippen molar-refractivity contribution in [1.29, 1.82) is 0 Å². The van der Waals surface area contributed by atoms with Crippen molar-refractivity contribution in [2.24, 2.45) is 5.92 Å². The van der Waals surface area contributed by atoms with Gasteiger partial charge in [-0.05, 0) is 24.0 Å². The number of hydrogen-bond donors (Lipinski definition) is 3. The second-order valence-electron chi connectivity index (χ2n) is 4.78. The van der Waals surface area contributed by atoms with E-state index in [9.17, 15) is 14.0 Å². The molecule has 1 rings (SSSR count). The van der Waals surface area contributed by atoms with Gasteiger partial charge in [-0.1, -0.05) is 13.8 Å². The number of aromatic nitrogens is 1. The molecular formula is C13H17FN2O4. The Morgan fingerprint density at radius 3 is 2.60 bits per heavy atom. The van der Waals surface area contributed by atoms with E-state index in [-0.39, 0.29) is 5.92 Å². The predicted octanol–water partition coefficient (Wildman–Crippen LogP) is 0.594.